The molecule has 0 aliphatic heterocycles. The summed E-state index contributed by atoms with van der Waals surface area (Å²) in [7, 11) is -3.89. The Labute approximate surface area is 118 Å². The Morgan fingerprint density at radius 1 is 1.42 bits per heavy atom. The van der Waals surface area contributed by atoms with Crippen LogP contribution in [0.1, 0.15) is 4.88 Å². The molecule has 0 amide bonds. The molecule has 102 valence electrons. The average molecular weight is 322 g/mol. The molecule has 1 aromatic heterocycles. The molecule has 2 N–H and O–H groups in total. The minimum Gasteiger partial charge on any atom is -0.391 e. The molecule has 0 saturated heterocycles. The Hall–Kier alpha value is -1.15. The van der Waals surface area contributed by atoms with E-state index in [0.29, 0.717) is 4.88 Å². The number of benzene rings is 1. The molecular weight excluding hydrogens is 313 g/mol. The van der Waals surface area contributed by atoms with Gasteiger partial charge in [0.25, 0.3) is 10.0 Å². The van der Waals surface area contributed by atoms with Gasteiger partial charge in [0, 0.05) is 10.3 Å². The molecule has 8 heteroatoms. The summed E-state index contributed by atoms with van der Waals surface area (Å²) in [5.74, 6) is -0.828. The lowest BCUT2D eigenvalue weighted by molar-refractivity contribution is 0.285. The van der Waals surface area contributed by atoms with Gasteiger partial charge in [-0.1, -0.05) is 17.7 Å². The Morgan fingerprint density at radius 3 is 2.79 bits per heavy atom. The SMILES string of the molecule is O=S(=O)(Nc1cccc(Cl)c1F)c1csc(CO)c1. The summed E-state index contributed by atoms with van der Waals surface area (Å²) in [4.78, 5) is 0.480. The van der Waals surface area contributed by atoms with Gasteiger partial charge in [-0.3, -0.25) is 4.72 Å². The zero-order valence-electron chi connectivity index (χ0n) is 9.43. The number of hydrogen-bond donors (Lipinski definition) is 2. The van der Waals surface area contributed by atoms with Gasteiger partial charge in [-0.2, -0.15) is 0 Å². The van der Waals surface area contributed by atoms with Crippen LogP contribution in [0.4, 0.5) is 10.1 Å². The molecule has 1 aromatic carbocycles. The molecule has 0 bridgehead atoms. The van der Waals surface area contributed by atoms with E-state index >= 15 is 0 Å². The maximum atomic E-state index is 13.6. The smallest absolute Gasteiger partial charge is 0.262 e. The maximum Gasteiger partial charge on any atom is 0.262 e. The lowest BCUT2D eigenvalue weighted by Crippen LogP contribution is -2.13. The van der Waals surface area contributed by atoms with Gasteiger partial charge in [0.2, 0.25) is 0 Å². The maximum absolute atomic E-state index is 13.6. The van der Waals surface area contributed by atoms with Gasteiger partial charge in [0.1, 0.15) is 0 Å². The Balaban J connectivity index is 2.33. The van der Waals surface area contributed by atoms with Crippen molar-refractivity contribution in [3.05, 3.63) is 45.4 Å². The molecule has 0 fully saturated rings. The summed E-state index contributed by atoms with van der Waals surface area (Å²) in [5.41, 5.74) is -0.218. The molecule has 0 spiro atoms. The highest BCUT2D eigenvalue weighted by molar-refractivity contribution is 7.92. The van der Waals surface area contributed by atoms with Crippen LogP contribution >= 0.6 is 22.9 Å². The second kappa shape index (κ2) is 5.46. The molecule has 2 aromatic rings. The molecule has 1 heterocycles. The van der Waals surface area contributed by atoms with Crippen molar-refractivity contribution in [2.24, 2.45) is 0 Å². The van der Waals surface area contributed by atoms with E-state index in [9.17, 15) is 12.8 Å². The Morgan fingerprint density at radius 2 is 2.16 bits per heavy atom. The van der Waals surface area contributed by atoms with E-state index in [1.54, 1.807) is 0 Å². The van der Waals surface area contributed by atoms with E-state index in [0.717, 1.165) is 11.3 Å². The van der Waals surface area contributed by atoms with E-state index in [2.05, 4.69) is 4.72 Å². The van der Waals surface area contributed by atoms with E-state index in [1.165, 1.54) is 29.6 Å². The van der Waals surface area contributed by atoms with Gasteiger partial charge in [-0.15, -0.1) is 11.3 Å². The second-order valence-corrected chi connectivity index (χ2v) is 6.70. The van der Waals surface area contributed by atoms with Crippen LogP contribution in [0.15, 0.2) is 34.5 Å². The first-order chi connectivity index (χ1) is 8.94. The number of sulfonamides is 1. The molecule has 0 aliphatic rings. The van der Waals surface area contributed by atoms with Crippen molar-refractivity contribution in [2.75, 3.05) is 4.72 Å². The topological polar surface area (TPSA) is 66.4 Å². The summed E-state index contributed by atoms with van der Waals surface area (Å²) in [6.45, 7) is -0.244. The Bertz CT molecular complexity index is 700. The fourth-order valence-corrected chi connectivity index (χ4v) is 3.74. The summed E-state index contributed by atoms with van der Waals surface area (Å²) in [5, 5.41) is 10.1. The van der Waals surface area contributed by atoms with Crippen LogP contribution < -0.4 is 4.72 Å². The molecule has 0 atom stereocenters. The zero-order chi connectivity index (χ0) is 14.0. The standard InChI is InChI=1S/C11H9ClFNO3S2/c12-9-2-1-3-10(11(9)13)14-19(16,17)8-4-7(5-15)18-6-8/h1-4,6,14-15H,5H2. The third kappa shape index (κ3) is 3.06. The van der Waals surface area contributed by atoms with Crippen molar-refractivity contribution in [3.63, 3.8) is 0 Å². The number of thiophene rings is 1. The fraction of sp³-hybridized carbons (Fsp3) is 0.0909. The number of rotatable bonds is 4. The highest BCUT2D eigenvalue weighted by Gasteiger charge is 2.18. The van der Waals surface area contributed by atoms with Crippen LogP contribution in [0.5, 0.6) is 0 Å². The van der Waals surface area contributed by atoms with E-state index < -0.39 is 15.8 Å². The number of nitrogens with one attached hydrogen (secondary N) is 1. The van der Waals surface area contributed by atoms with Crippen molar-refractivity contribution >= 4 is 38.6 Å². The van der Waals surface area contributed by atoms with Crippen molar-refractivity contribution in [1.82, 2.24) is 0 Å². The van der Waals surface area contributed by atoms with E-state index in [1.807, 2.05) is 0 Å². The molecule has 0 aliphatic carbocycles. The summed E-state index contributed by atoms with van der Waals surface area (Å²) >= 11 is 6.68. The average Bonchev–Trinajstić information content (AvgIpc) is 2.84. The van der Waals surface area contributed by atoms with Gasteiger partial charge < -0.3 is 5.11 Å². The molecular formula is C11H9ClFNO3S2. The predicted molar refractivity (Wildman–Crippen MR) is 72.5 cm³/mol. The van der Waals surface area contributed by atoms with Gasteiger partial charge in [0.05, 0.1) is 22.2 Å². The zero-order valence-corrected chi connectivity index (χ0v) is 11.8. The largest absolute Gasteiger partial charge is 0.391 e. The van der Waals surface area contributed by atoms with Crippen molar-refractivity contribution < 1.29 is 17.9 Å². The number of halogens is 2. The van der Waals surface area contributed by atoms with Gasteiger partial charge in [0.15, 0.2) is 5.82 Å². The molecule has 4 nitrogen and oxygen atoms in total. The lowest BCUT2D eigenvalue weighted by atomic mass is 10.3. The molecule has 0 radical (unpaired) electrons. The number of aliphatic hydroxyl groups excluding tert-OH is 1. The number of hydrogen-bond acceptors (Lipinski definition) is 4. The first kappa shape index (κ1) is 14.3. The third-order valence-electron chi connectivity index (χ3n) is 2.29. The van der Waals surface area contributed by atoms with Crippen molar-refractivity contribution in [1.29, 1.82) is 0 Å². The molecule has 19 heavy (non-hydrogen) atoms. The molecule has 0 saturated carbocycles. The van der Waals surface area contributed by atoms with Crippen molar-refractivity contribution in [3.8, 4) is 0 Å². The van der Waals surface area contributed by atoms with E-state index in [-0.39, 0.29) is 22.2 Å². The van der Waals surface area contributed by atoms with Crippen LogP contribution in [0, 0.1) is 5.82 Å². The second-order valence-electron chi connectivity index (χ2n) is 3.61. The Kier molecular flexibility index (Phi) is 4.10. The number of aliphatic hydroxyl groups is 1. The quantitative estimate of drug-likeness (QED) is 0.910. The third-order valence-corrected chi connectivity index (χ3v) is 5.00. The van der Waals surface area contributed by atoms with Gasteiger partial charge in [-0.25, -0.2) is 12.8 Å². The van der Waals surface area contributed by atoms with Crippen LogP contribution in [0.3, 0.4) is 0 Å². The minimum atomic E-state index is -3.89. The lowest BCUT2D eigenvalue weighted by Gasteiger charge is -2.08. The highest BCUT2D eigenvalue weighted by Crippen LogP contribution is 2.26. The van der Waals surface area contributed by atoms with Crippen LogP contribution in [0.2, 0.25) is 5.02 Å². The minimum absolute atomic E-state index is 0.0269. The highest BCUT2D eigenvalue weighted by atomic mass is 35.5. The normalized spacial score (nSPS) is 11.5. The van der Waals surface area contributed by atoms with E-state index in [4.69, 9.17) is 16.7 Å². The summed E-state index contributed by atoms with van der Waals surface area (Å²) < 4.78 is 39.7. The monoisotopic (exact) mass is 321 g/mol. The van der Waals surface area contributed by atoms with Gasteiger partial charge in [-0.05, 0) is 18.2 Å². The molecule has 2 rings (SSSR count). The number of anilines is 1. The van der Waals surface area contributed by atoms with Crippen LogP contribution in [-0.2, 0) is 16.6 Å². The summed E-state index contributed by atoms with van der Waals surface area (Å²) in [6.07, 6.45) is 0. The van der Waals surface area contributed by atoms with Crippen molar-refractivity contribution in [2.45, 2.75) is 11.5 Å². The van der Waals surface area contributed by atoms with Gasteiger partial charge >= 0.3 is 0 Å². The fourth-order valence-electron chi connectivity index (χ4n) is 1.37. The summed E-state index contributed by atoms with van der Waals surface area (Å²) in [6, 6.07) is 5.37. The predicted octanol–water partition coefficient (Wildman–Crippen LogP) is 2.83. The first-order valence-corrected chi connectivity index (χ1v) is 7.83. The van der Waals surface area contributed by atoms with Crippen LogP contribution in [0.25, 0.3) is 0 Å². The van der Waals surface area contributed by atoms with Crippen LogP contribution in [-0.4, -0.2) is 13.5 Å². The molecule has 0 unspecified atom stereocenters. The first-order valence-electron chi connectivity index (χ1n) is 5.09.